The molecule has 21 heavy (non-hydrogen) atoms. The van der Waals surface area contributed by atoms with E-state index in [2.05, 4.69) is 17.6 Å². The molecule has 0 aliphatic heterocycles. The zero-order valence-corrected chi connectivity index (χ0v) is 13.1. The summed E-state index contributed by atoms with van der Waals surface area (Å²) < 4.78 is 0. The zero-order valence-electron chi connectivity index (χ0n) is 13.1. The third kappa shape index (κ3) is 4.13. The first-order chi connectivity index (χ1) is 10.1. The molecule has 0 aromatic heterocycles. The molecule has 0 bridgehead atoms. The molecule has 1 amide bonds. The van der Waals surface area contributed by atoms with Crippen LogP contribution in [-0.4, -0.2) is 19.0 Å². The lowest BCUT2D eigenvalue weighted by atomic mass is 9.83. The third-order valence-electron chi connectivity index (χ3n) is 4.42. The van der Waals surface area contributed by atoms with Crippen molar-refractivity contribution in [1.82, 2.24) is 5.32 Å². The van der Waals surface area contributed by atoms with Gasteiger partial charge in [0.2, 0.25) is 0 Å². The summed E-state index contributed by atoms with van der Waals surface area (Å²) in [6.45, 7) is 2.26. The van der Waals surface area contributed by atoms with Crippen molar-refractivity contribution in [1.29, 1.82) is 0 Å². The van der Waals surface area contributed by atoms with E-state index >= 15 is 0 Å². The van der Waals surface area contributed by atoms with Crippen LogP contribution in [0, 0.1) is 5.92 Å². The van der Waals surface area contributed by atoms with E-state index < -0.39 is 0 Å². The van der Waals surface area contributed by atoms with Gasteiger partial charge in [0.25, 0.3) is 5.91 Å². The second-order valence-corrected chi connectivity index (χ2v) is 6.03. The number of nitrogen functional groups attached to an aromatic ring is 1. The topological polar surface area (TPSA) is 67.1 Å². The minimum Gasteiger partial charge on any atom is -0.399 e. The van der Waals surface area contributed by atoms with Crippen molar-refractivity contribution in [2.75, 3.05) is 18.1 Å². The molecule has 0 saturated heterocycles. The van der Waals surface area contributed by atoms with Crippen molar-refractivity contribution in [2.45, 2.75) is 51.5 Å². The summed E-state index contributed by atoms with van der Waals surface area (Å²) in [5.74, 6) is 0.810. The number of hydrogen-bond donors (Lipinski definition) is 3. The number of nitrogens with two attached hydrogens (primary N) is 1. The molecule has 4 nitrogen and oxygen atoms in total. The minimum atomic E-state index is -0.0721. The number of benzene rings is 1. The fourth-order valence-corrected chi connectivity index (χ4v) is 3.24. The lowest BCUT2D eigenvalue weighted by Crippen LogP contribution is -2.28. The number of carbonyl (C=O) groups is 1. The van der Waals surface area contributed by atoms with E-state index in [9.17, 15) is 4.79 Å². The van der Waals surface area contributed by atoms with Gasteiger partial charge in [-0.15, -0.1) is 0 Å². The first-order valence-corrected chi connectivity index (χ1v) is 8.02. The Morgan fingerprint density at radius 2 is 2.00 bits per heavy atom. The molecule has 0 atom stereocenters. The molecular formula is C17H27N3O. The number of nitrogens with one attached hydrogen (secondary N) is 2. The van der Waals surface area contributed by atoms with Crippen LogP contribution in [0.3, 0.4) is 0 Å². The van der Waals surface area contributed by atoms with Crippen LogP contribution in [0.15, 0.2) is 18.2 Å². The molecule has 1 fully saturated rings. The van der Waals surface area contributed by atoms with Crippen LogP contribution in [0.1, 0.15) is 55.8 Å². The van der Waals surface area contributed by atoms with Gasteiger partial charge in [0, 0.05) is 24.5 Å². The molecule has 1 aromatic carbocycles. The van der Waals surface area contributed by atoms with Crippen molar-refractivity contribution >= 4 is 17.3 Å². The molecule has 0 unspecified atom stereocenters. The molecule has 0 heterocycles. The highest BCUT2D eigenvalue weighted by atomic mass is 16.1. The Labute approximate surface area is 127 Å². The van der Waals surface area contributed by atoms with E-state index in [-0.39, 0.29) is 5.91 Å². The van der Waals surface area contributed by atoms with Crippen LogP contribution in [0.4, 0.5) is 11.4 Å². The Bertz CT molecular complexity index is 479. The van der Waals surface area contributed by atoms with Gasteiger partial charge in [0.15, 0.2) is 0 Å². The molecule has 1 aliphatic rings. The van der Waals surface area contributed by atoms with Crippen molar-refractivity contribution in [3.05, 3.63) is 23.8 Å². The van der Waals surface area contributed by atoms with Crippen LogP contribution < -0.4 is 16.4 Å². The van der Waals surface area contributed by atoms with E-state index in [0.29, 0.717) is 17.3 Å². The predicted molar refractivity (Wildman–Crippen MR) is 88.5 cm³/mol. The number of amides is 1. The summed E-state index contributed by atoms with van der Waals surface area (Å²) in [5, 5.41) is 6.21. The van der Waals surface area contributed by atoms with E-state index in [4.69, 9.17) is 5.73 Å². The smallest absolute Gasteiger partial charge is 0.253 e. The molecule has 0 spiro atoms. The quantitative estimate of drug-likeness (QED) is 0.728. The molecule has 0 radical (unpaired) electrons. The normalized spacial score (nSPS) is 21.8. The van der Waals surface area contributed by atoms with Crippen molar-refractivity contribution in [3.8, 4) is 0 Å². The number of hydrogen-bond acceptors (Lipinski definition) is 3. The highest BCUT2D eigenvalue weighted by Gasteiger charge is 2.21. The fourth-order valence-electron chi connectivity index (χ4n) is 3.24. The largest absolute Gasteiger partial charge is 0.399 e. The number of rotatable bonds is 5. The van der Waals surface area contributed by atoms with Crippen molar-refractivity contribution in [3.63, 3.8) is 0 Å². The Balaban J connectivity index is 2.03. The van der Waals surface area contributed by atoms with Gasteiger partial charge in [-0.1, -0.05) is 19.8 Å². The van der Waals surface area contributed by atoms with E-state index in [1.807, 2.05) is 6.07 Å². The SMILES string of the molecule is CCCC1CCC(Nc2cc(N)ccc2C(=O)NC)CC1. The lowest BCUT2D eigenvalue weighted by molar-refractivity contribution is 0.0964. The zero-order chi connectivity index (χ0) is 15.2. The van der Waals surface area contributed by atoms with E-state index in [1.165, 1.54) is 38.5 Å². The van der Waals surface area contributed by atoms with Gasteiger partial charge >= 0.3 is 0 Å². The van der Waals surface area contributed by atoms with Gasteiger partial charge in [-0.3, -0.25) is 4.79 Å². The first kappa shape index (κ1) is 15.7. The average molecular weight is 289 g/mol. The highest BCUT2D eigenvalue weighted by molar-refractivity contribution is 6.00. The maximum atomic E-state index is 11.9. The Morgan fingerprint density at radius 1 is 1.29 bits per heavy atom. The maximum absolute atomic E-state index is 11.9. The second kappa shape index (κ2) is 7.34. The Morgan fingerprint density at radius 3 is 2.62 bits per heavy atom. The van der Waals surface area contributed by atoms with Crippen LogP contribution in [-0.2, 0) is 0 Å². The Hall–Kier alpha value is -1.71. The number of carbonyl (C=O) groups excluding carboxylic acids is 1. The minimum absolute atomic E-state index is 0.0721. The monoisotopic (exact) mass is 289 g/mol. The molecular weight excluding hydrogens is 262 g/mol. The summed E-state index contributed by atoms with van der Waals surface area (Å²) >= 11 is 0. The molecule has 4 N–H and O–H groups in total. The van der Waals surface area contributed by atoms with Gasteiger partial charge in [-0.25, -0.2) is 0 Å². The molecule has 1 aromatic rings. The van der Waals surface area contributed by atoms with Gasteiger partial charge in [0.05, 0.1) is 5.56 Å². The van der Waals surface area contributed by atoms with E-state index in [1.54, 1.807) is 19.2 Å². The molecule has 116 valence electrons. The highest BCUT2D eigenvalue weighted by Crippen LogP contribution is 2.30. The Kier molecular flexibility index (Phi) is 5.48. The van der Waals surface area contributed by atoms with Gasteiger partial charge in [-0.05, 0) is 49.8 Å². The van der Waals surface area contributed by atoms with Crippen molar-refractivity contribution < 1.29 is 4.79 Å². The van der Waals surface area contributed by atoms with Crippen LogP contribution in [0.2, 0.25) is 0 Å². The van der Waals surface area contributed by atoms with Gasteiger partial charge in [0.1, 0.15) is 0 Å². The standard InChI is InChI=1S/C17H27N3O/c1-3-4-12-5-8-14(9-6-12)20-16-11-13(18)7-10-15(16)17(21)19-2/h7,10-12,14,20H,3-6,8-9,18H2,1-2H3,(H,19,21). The molecule has 1 saturated carbocycles. The molecule has 1 aliphatic carbocycles. The van der Waals surface area contributed by atoms with Gasteiger partial charge in [-0.2, -0.15) is 0 Å². The predicted octanol–water partition coefficient (Wildman–Crippen LogP) is 3.40. The van der Waals surface area contributed by atoms with Crippen LogP contribution >= 0.6 is 0 Å². The third-order valence-corrected chi connectivity index (χ3v) is 4.42. The molecule has 2 rings (SSSR count). The average Bonchev–Trinajstić information content (AvgIpc) is 2.49. The fraction of sp³-hybridized carbons (Fsp3) is 0.588. The molecule has 4 heteroatoms. The second-order valence-electron chi connectivity index (χ2n) is 6.03. The maximum Gasteiger partial charge on any atom is 0.253 e. The van der Waals surface area contributed by atoms with Crippen LogP contribution in [0.5, 0.6) is 0 Å². The summed E-state index contributed by atoms with van der Waals surface area (Å²) in [5.41, 5.74) is 8.07. The van der Waals surface area contributed by atoms with E-state index in [0.717, 1.165) is 11.6 Å². The summed E-state index contributed by atoms with van der Waals surface area (Å²) in [6.07, 6.45) is 7.53. The lowest BCUT2D eigenvalue weighted by Gasteiger charge is -2.30. The van der Waals surface area contributed by atoms with Gasteiger partial charge < -0.3 is 16.4 Å². The summed E-state index contributed by atoms with van der Waals surface area (Å²) in [7, 11) is 1.65. The summed E-state index contributed by atoms with van der Waals surface area (Å²) in [6, 6.07) is 5.87. The van der Waals surface area contributed by atoms with Crippen molar-refractivity contribution in [2.24, 2.45) is 5.92 Å². The van der Waals surface area contributed by atoms with Crippen LogP contribution in [0.25, 0.3) is 0 Å². The first-order valence-electron chi connectivity index (χ1n) is 8.02. The number of anilines is 2. The summed E-state index contributed by atoms with van der Waals surface area (Å²) in [4.78, 5) is 11.9.